The van der Waals surface area contributed by atoms with Crippen LogP contribution >= 0.6 is 11.8 Å². The van der Waals surface area contributed by atoms with Crippen molar-refractivity contribution in [2.24, 2.45) is 0 Å². The average molecular weight is 352 g/mol. The van der Waals surface area contributed by atoms with Gasteiger partial charge in [0, 0.05) is 11.3 Å². The van der Waals surface area contributed by atoms with Crippen molar-refractivity contribution >= 4 is 22.7 Å². The van der Waals surface area contributed by atoms with Crippen molar-refractivity contribution in [1.29, 1.82) is 0 Å². The Morgan fingerprint density at radius 1 is 1.00 bits per heavy atom. The molecule has 1 heterocycles. The van der Waals surface area contributed by atoms with E-state index >= 15 is 0 Å². The molecule has 0 unspecified atom stereocenters. The number of rotatable bonds is 3. The molecule has 0 aliphatic heterocycles. The van der Waals surface area contributed by atoms with Gasteiger partial charge < -0.3 is 4.42 Å². The van der Waals surface area contributed by atoms with E-state index in [0.717, 1.165) is 11.3 Å². The van der Waals surface area contributed by atoms with Crippen LogP contribution in [0.25, 0.3) is 11.0 Å². The molecule has 3 aromatic rings. The number of aryl methyl sites for hydroxylation is 1. The summed E-state index contributed by atoms with van der Waals surface area (Å²) in [5.41, 5.74) is 5.10. The minimum atomic E-state index is 0.0740. The zero-order valence-corrected chi connectivity index (χ0v) is 16.3. The van der Waals surface area contributed by atoms with E-state index < -0.39 is 0 Å². The van der Waals surface area contributed by atoms with E-state index in [1.807, 2.05) is 32.0 Å². The fourth-order valence-corrected chi connectivity index (χ4v) is 3.81. The number of hydrogen-bond donors (Lipinski definition) is 0. The molecule has 0 amide bonds. The minimum absolute atomic E-state index is 0.0740. The molecule has 0 radical (unpaired) electrons. The van der Waals surface area contributed by atoms with Gasteiger partial charge >= 0.3 is 0 Å². The number of benzene rings is 2. The monoisotopic (exact) mass is 352 g/mol. The maximum absolute atomic E-state index is 12.7. The topological polar surface area (TPSA) is 30.2 Å². The Morgan fingerprint density at radius 3 is 2.32 bits per heavy atom. The van der Waals surface area contributed by atoms with Crippen molar-refractivity contribution in [2.75, 3.05) is 0 Å². The van der Waals surface area contributed by atoms with Crippen molar-refractivity contribution in [1.82, 2.24) is 0 Å². The quantitative estimate of drug-likeness (QED) is 0.542. The van der Waals surface area contributed by atoms with E-state index in [0.29, 0.717) is 21.6 Å². The Hall–Kier alpha value is -2.00. The average Bonchev–Trinajstić information content (AvgIpc) is 2.56. The van der Waals surface area contributed by atoms with Gasteiger partial charge in [0.1, 0.15) is 5.58 Å². The fraction of sp³-hybridized carbons (Fsp3) is 0.318. The zero-order valence-electron chi connectivity index (χ0n) is 15.5. The molecule has 0 fully saturated rings. The predicted octanol–water partition coefficient (Wildman–Crippen LogP) is 6.00. The second-order valence-corrected chi connectivity index (χ2v) is 8.48. The Morgan fingerprint density at radius 2 is 1.68 bits per heavy atom. The molecule has 0 aliphatic rings. The third-order valence-corrected chi connectivity index (χ3v) is 5.63. The molecule has 0 bridgehead atoms. The minimum Gasteiger partial charge on any atom is -0.449 e. The lowest BCUT2D eigenvalue weighted by Gasteiger charge is -2.19. The highest BCUT2D eigenvalue weighted by Gasteiger charge is 2.14. The van der Waals surface area contributed by atoms with Gasteiger partial charge in [-0.1, -0.05) is 68.9 Å². The predicted molar refractivity (Wildman–Crippen MR) is 107 cm³/mol. The van der Waals surface area contributed by atoms with Gasteiger partial charge in [0.05, 0.1) is 5.39 Å². The van der Waals surface area contributed by atoms with Crippen molar-refractivity contribution in [3.8, 4) is 0 Å². The van der Waals surface area contributed by atoms with E-state index in [9.17, 15) is 4.79 Å². The molecule has 3 rings (SSSR count). The Balaban J connectivity index is 1.86. The van der Waals surface area contributed by atoms with Crippen molar-refractivity contribution < 1.29 is 4.42 Å². The highest BCUT2D eigenvalue weighted by molar-refractivity contribution is 7.98. The van der Waals surface area contributed by atoms with E-state index in [1.165, 1.54) is 11.1 Å². The van der Waals surface area contributed by atoms with E-state index in [2.05, 4.69) is 45.0 Å². The standard InChI is InChI=1S/C22H24O2S/c1-14-7-6-8-18-19(14)20(23)15(2)21(24-18)25-13-16-9-11-17(12-10-16)22(3,4)5/h6-12H,13H2,1-5H3. The van der Waals surface area contributed by atoms with Crippen LogP contribution in [-0.4, -0.2) is 0 Å². The van der Waals surface area contributed by atoms with Gasteiger partial charge in [-0.3, -0.25) is 4.79 Å². The first kappa shape index (κ1) is 17.8. The SMILES string of the molecule is Cc1c(SCc2ccc(C(C)(C)C)cc2)oc2cccc(C)c2c1=O. The van der Waals surface area contributed by atoms with E-state index in [1.54, 1.807) is 11.8 Å². The number of hydrogen-bond acceptors (Lipinski definition) is 3. The highest BCUT2D eigenvalue weighted by Crippen LogP contribution is 2.29. The molecule has 0 N–H and O–H groups in total. The summed E-state index contributed by atoms with van der Waals surface area (Å²) in [5, 5.41) is 1.40. The normalized spacial score (nSPS) is 11.9. The van der Waals surface area contributed by atoms with Gasteiger partial charge in [-0.25, -0.2) is 0 Å². The lowest BCUT2D eigenvalue weighted by molar-refractivity contribution is 0.492. The largest absolute Gasteiger partial charge is 0.449 e. The molecule has 3 heteroatoms. The summed E-state index contributed by atoms with van der Waals surface area (Å²) in [4.78, 5) is 12.7. The first-order valence-corrected chi connectivity index (χ1v) is 9.51. The van der Waals surface area contributed by atoms with Gasteiger partial charge in [-0.2, -0.15) is 0 Å². The molecule has 0 spiro atoms. The van der Waals surface area contributed by atoms with Crippen LogP contribution < -0.4 is 5.43 Å². The van der Waals surface area contributed by atoms with Crippen LogP contribution in [0.2, 0.25) is 0 Å². The summed E-state index contributed by atoms with van der Waals surface area (Å²) in [7, 11) is 0. The molecule has 2 aromatic carbocycles. The van der Waals surface area contributed by atoms with Crippen LogP contribution in [0, 0.1) is 13.8 Å². The molecular weight excluding hydrogens is 328 g/mol. The van der Waals surface area contributed by atoms with Crippen molar-refractivity contribution in [3.63, 3.8) is 0 Å². The summed E-state index contributed by atoms with van der Waals surface area (Å²) < 4.78 is 6.02. The number of thioether (sulfide) groups is 1. The van der Waals surface area contributed by atoms with Crippen LogP contribution in [0.1, 0.15) is 43.0 Å². The highest BCUT2D eigenvalue weighted by atomic mass is 32.2. The molecule has 0 saturated carbocycles. The molecular formula is C22H24O2S. The second-order valence-electron chi connectivity index (χ2n) is 7.53. The van der Waals surface area contributed by atoms with E-state index in [-0.39, 0.29) is 10.8 Å². The maximum atomic E-state index is 12.7. The molecule has 2 nitrogen and oxygen atoms in total. The van der Waals surface area contributed by atoms with Crippen molar-refractivity contribution in [2.45, 2.75) is 50.9 Å². The summed E-state index contributed by atoms with van der Waals surface area (Å²) in [6.07, 6.45) is 0. The second kappa shape index (κ2) is 6.72. The van der Waals surface area contributed by atoms with Gasteiger partial charge in [-0.15, -0.1) is 0 Å². The summed E-state index contributed by atoms with van der Waals surface area (Å²) in [6, 6.07) is 14.4. The Kier molecular flexibility index (Phi) is 4.79. The lowest BCUT2D eigenvalue weighted by atomic mass is 9.87. The third-order valence-electron chi connectivity index (χ3n) is 4.50. The van der Waals surface area contributed by atoms with Gasteiger partial charge in [0.25, 0.3) is 0 Å². The Bertz CT molecular complexity index is 960. The van der Waals surface area contributed by atoms with Crippen LogP contribution in [0.3, 0.4) is 0 Å². The first-order valence-electron chi connectivity index (χ1n) is 8.52. The molecule has 0 atom stereocenters. The summed E-state index contributed by atoms with van der Waals surface area (Å²) in [6.45, 7) is 10.4. The molecule has 0 aliphatic carbocycles. The fourth-order valence-electron chi connectivity index (χ4n) is 2.86. The van der Waals surface area contributed by atoms with Crippen LogP contribution in [0.15, 0.2) is 56.8 Å². The van der Waals surface area contributed by atoms with Crippen molar-refractivity contribution in [3.05, 3.63) is 74.9 Å². The molecule has 1 aromatic heterocycles. The molecule has 130 valence electrons. The molecule has 25 heavy (non-hydrogen) atoms. The molecule has 0 saturated heterocycles. The zero-order chi connectivity index (χ0) is 18.2. The Labute approximate surface area is 153 Å². The van der Waals surface area contributed by atoms with Crippen LogP contribution in [0.5, 0.6) is 0 Å². The summed E-state index contributed by atoms with van der Waals surface area (Å²) in [5.74, 6) is 0.783. The lowest BCUT2D eigenvalue weighted by Crippen LogP contribution is -2.10. The van der Waals surface area contributed by atoms with Gasteiger partial charge in [-0.05, 0) is 42.0 Å². The van der Waals surface area contributed by atoms with E-state index in [4.69, 9.17) is 4.42 Å². The van der Waals surface area contributed by atoms with Gasteiger partial charge in [0.15, 0.2) is 10.5 Å². The summed E-state index contributed by atoms with van der Waals surface area (Å²) >= 11 is 1.58. The van der Waals surface area contributed by atoms with Crippen LogP contribution in [-0.2, 0) is 11.2 Å². The third kappa shape index (κ3) is 3.67. The van der Waals surface area contributed by atoms with Crippen LogP contribution in [0.4, 0.5) is 0 Å². The number of fused-ring (bicyclic) bond motifs is 1. The first-order chi connectivity index (χ1) is 11.8. The smallest absolute Gasteiger partial charge is 0.197 e. The maximum Gasteiger partial charge on any atom is 0.197 e. The van der Waals surface area contributed by atoms with Gasteiger partial charge in [0.2, 0.25) is 0 Å².